The Balaban J connectivity index is 2.54. The summed E-state index contributed by atoms with van der Waals surface area (Å²) in [6.45, 7) is 2.94. The van der Waals surface area contributed by atoms with E-state index in [2.05, 4.69) is 38.1 Å². The first-order valence-electron chi connectivity index (χ1n) is 6.68. The van der Waals surface area contributed by atoms with Crippen LogP contribution in [0.1, 0.15) is 13.3 Å². The van der Waals surface area contributed by atoms with E-state index >= 15 is 0 Å². The molecule has 0 bridgehead atoms. The summed E-state index contributed by atoms with van der Waals surface area (Å²) in [6, 6.07) is 3.80. The molecule has 2 aromatic rings. The first-order valence-corrected chi connectivity index (χ1v) is 7.48. The van der Waals surface area contributed by atoms with Crippen LogP contribution < -0.4 is 14.8 Å². The van der Waals surface area contributed by atoms with Gasteiger partial charge in [0.2, 0.25) is 0 Å². The van der Waals surface area contributed by atoms with Gasteiger partial charge in [-0.25, -0.2) is 4.98 Å². The zero-order chi connectivity index (χ0) is 15.2. The number of methoxy groups -OCH3 is 2. The van der Waals surface area contributed by atoms with E-state index in [0.717, 1.165) is 34.5 Å². The van der Waals surface area contributed by atoms with Crippen molar-refractivity contribution in [3.8, 4) is 22.8 Å². The number of nitrogens with one attached hydrogen (secondary N) is 1. The van der Waals surface area contributed by atoms with Crippen molar-refractivity contribution < 1.29 is 9.47 Å². The summed E-state index contributed by atoms with van der Waals surface area (Å²) < 4.78 is 11.6. The number of benzene rings is 1. The van der Waals surface area contributed by atoms with Crippen LogP contribution in [0, 0.1) is 0 Å². The Bertz CT molecular complexity index is 620. The predicted molar refractivity (Wildman–Crippen MR) is 87.1 cm³/mol. The molecule has 5 nitrogen and oxygen atoms in total. The van der Waals surface area contributed by atoms with Crippen molar-refractivity contribution in [3.63, 3.8) is 0 Å². The largest absolute Gasteiger partial charge is 0.495 e. The number of nitrogens with zero attached hydrogens (tertiary/aromatic N) is 2. The van der Waals surface area contributed by atoms with Gasteiger partial charge in [0.05, 0.1) is 14.2 Å². The van der Waals surface area contributed by atoms with Crippen molar-refractivity contribution in [1.82, 2.24) is 9.97 Å². The number of hydrogen-bond donors (Lipinski definition) is 1. The Morgan fingerprint density at radius 3 is 2.57 bits per heavy atom. The molecule has 112 valence electrons. The maximum atomic E-state index is 5.51. The highest BCUT2D eigenvalue weighted by Crippen LogP contribution is 2.42. The van der Waals surface area contributed by atoms with E-state index in [1.165, 1.54) is 0 Å². The summed E-state index contributed by atoms with van der Waals surface area (Å²) in [5.74, 6) is 2.13. The van der Waals surface area contributed by atoms with Crippen molar-refractivity contribution in [2.24, 2.45) is 0 Å². The third-order valence-electron chi connectivity index (χ3n) is 2.98. The molecule has 1 heterocycles. The van der Waals surface area contributed by atoms with Gasteiger partial charge in [0, 0.05) is 24.5 Å². The highest BCUT2D eigenvalue weighted by atomic mass is 79.9. The monoisotopic (exact) mass is 351 g/mol. The molecule has 0 amide bonds. The molecule has 21 heavy (non-hydrogen) atoms. The lowest BCUT2D eigenvalue weighted by molar-refractivity contribution is 0.390. The summed E-state index contributed by atoms with van der Waals surface area (Å²) in [5.41, 5.74) is 1.61. The number of hydrogen-bond acceptors (Lipinski definition) is 5. The SMILES string of the molecule is CCCNc1nccnc1-c1ccc(OC)c(Br)c1OC. The molecule has 0 atom stereocenters. The number of rotatable bonds is 6. The fourth-order valence-electron chi connectivity index (χ4n) is 1.99. The lowest BCUT2D eigenvalue weighted by Crippen LogP contribution is -2.05. The molecule has 6 heteroatoms. The Kier molecular flexibility index (Phi) is 5.38. The molecule has 0 spiro atoms. The van der Waals surface area contributed by atoms with Gasteiger partial charge in [0.1, 0.15) is 21.7 Å². The second-order valence-corrected chi connectivity index (χ2v) is 5.14. The molecule has 0 saturated carbocycles. The van der Waals surface area contributed by atoms with E-state index in [4.69, 9.17) is 9.47 Å². The smallest absolute Gasteiger partial charge is 0.152 e. The number of ether oxygens (including phenoxy) is 2. The molecule has 0 saturated heterocycles. The first-order chi connectivity index (χ1) is 10.2. The highest BCUT2D eigenvalue weighted by molar-refractivity contribution is 9.10. The van der Waals surface area contributed by atoms with Gasteiger partial charge in [-0.3, -0.25) is 4.98 Å². The molecule has 2 rings (SSSR count). The van der Waals surface area contributed by atoms with Crippen molar-refractivity contribution in [2.75, 3.05) is 26.1 Å². The van der Waals surface area contributed by atoms with Gasteiger partial charge in [-0.15, -0.1) is 0 Å². The maximum absolute atomic E-state index is 5.51. The molecule has 0 radical (unpaired) electrons. The molecule has 0 aliphatic heterocycles. The van der Waals surface area contributed by atoms with Crippen molar-refractivity contribution in [2.45, 2.75) is 13.3 Å². The van der Waals surface area contributed by atoms with Crippen LogP contribution in [0.15, 0.2) is 29.0 Å². The van der Waals surface area contributed by atoms with Crippen LogP contribution in [-0.4, -0.2) is 30.7 Å². The van der Waals surface area contributed by atoms with Crippen LogP contribution >= 0.6 is 15.9 Å². The molecule has 0 fully saturated rings. The first kappa shape index (κ1) is 15.6. The quantitative estimate of drug-likeness (QED) is 0.858. The molecule has 0 aliphatic rings. The van der Waals surface area contributed by atoms with Crippen LogP contribution in [0.4, 0.5) is 5.82 Å². The van der Waals surface area contributed by atoms with Crippen LogP contribution in [-0.2, 0) is 0 Å². The Labute approximate surface area is 132 Å². The molecule has 0 aliphatic carbocycles. The predicted octanol–water partition coefficient (Wildman–Crippen LogP) is 3.75. The number of aromatic nitrogens is 2. The Morgan fingerprint density at radius 1 is 1.14 bits per heavy atom. The van der Waals surface area contributed by atoms with Gasteiger partial charge >= 0.3 is 0 Å². The number of anilines is 1. The Morgan fingerprint density at radius 2 is 1.90 bits per heavy atom. The van der Waals surface area contributed by atoms with Gasteiger partial charge < -0.3 is 14.8 Å². The fraction of sp³-hybridized carbons (Fsp3) is 0.333. The number of halogens is 1. The standard InChI is InChI=1S/C15H18BrN3O2/c1-4-7-18-15-13(17-8-9-19-15)10-5-6-11(20-2)12(16)14(10)21-3/h5-6,8-9H,4,7H2,1-3H3,(H,18,19). The van der Waals surface area contributed by atoms with Crippen molar-refractivity contribution >= 4 is 21.7 Å². The zero-order valence-corrected chi connectivity index (χ0v) is 13.9. The molecular weight excluding hydrogens is 334 g/mol. The molecule has 1 aromatic heterocycles. The van der Waals surface area contributed by atoms with Gasteiger partial charge in [0.25, 0.3) is 0 Å². The van der Waals surface area contributed by atoms with E-state index < -0.39 is 0 Å². The van der Waals surface area contributed by atoms with Gasteiger partial charge in [-0.05, 0) is 34.5 Å². The van der Waals surface area contributed by atoms with Gasteiger partial charge in [0.15, 0.2) is 5.82 Å². The minimum Gasteiger partial charge on any atom is -0.495 e. The van der Waals surface area contributed by atoms with Crippen LogP contribution in [0.3, 0.4) is 0 Å². The van der Waals surface area contributed by atoms with Crippen LogP contribution in [0.2, 0.25) is 0 Å². The minimum atomic E-state index is 0.675. The lowest BCUT2D eigenvalue weighted by atomic mass is 10.1. The summed E-state index contributed by atoms with van der Waals surface area (Å²) in [6.07, 6.45) is 4.36. The minimum absolute atomic E-state index is 0.675. The van der Waals surface area contributed by atoms with Crippen LogP contribution in [0.5, 0.6) is 11.5 Å². The average Bonchev–Trinajstić information content (AvgIpc) is 2.53. The van der Waals surface area contributed by atoms with E-state index in [1.807, 2.05) is 12.1 Å². The lowest BCUT2D eigenvalue weighted by Gasteiger charge is -2.15. The third kappa shape index (κ3) is 3.26. The normalized spacial score (nSPS) is 10.3. The second kappa shape index (κ2) is 7.26. The summed E-state index contributed by atoms with van der Waals surface area (Å²) >= 11 is 3.51. The summed E-state index contributed by atoms with van der Waals surface area (Å²) in [4.78, 5) is 8.80. The fourth-order valence-corrected chi connectivity index (χ4v) is 2.66. The highest BCUT2D eigenvalue weighted by Gasteiger charge is 2.18. The average molecular weight is 352 g/mol. The topological polar surface area (TPSA) is 56.3 Å². The molecule has 1 aromatic carbocycles. The van der Waals surface area contributed by atoms with Crippen molar-refractivity contribution in [1.29, 1.82) is 0 Å². The van der Waals surface area contributed by atoms with E-state index in [1.54, 1.807) is 26.6 Å². The van der Waals surface area contributed by atoms with Gasteiger partial charge in [-0.2, -0.15) is 0 Å². The maximum Gasteiger partial charge on any atom is 0.152 e. The molecule has 0 unspecified atom stereocenters. The van der Waals surface area contributed by atoms with Crippen LogP contribution in [0.25, 0.3) is 11.3 Å². The van der Waals surface area contributed by atoms with Crippen molar-refractivity contribution in [3.05, 3.63) is 29.0 Å². The summed E-state index contributed by atoms with van der Waals surface area (Å²) in [7, 11) is 3.24. The van der Waals surface area contributed by atoms with E-state index in [0.29, 0.717) is 11.5 Å². The Hall–Kier alpha value is -1.82. The van der Waals surface area contributed by atoms with E-state index in [9.17, 15) is 0 Å². The van der Waals surface area contributed by atoms with Gasteiger partial charge in [-0.1, -0.05) is 6.92 Å². The zero-order valence-electron chi connectivity index (χ0n) is 12.3. The second-order valence-electron chi connectivity index (χ2n) is 4.34. The third-order valence-corrected chi connectivity index (χ3v) is 3.73. The summed E-state index contributed by atoms with van der Waals surface area (Å²) in [5, 5.41) is 3.29. The molecular formula is C15H18BrN3O2. The van der Waals surface area contributed by atoms with E-state index in [-0.39, 0.29) is 0 Å². The molecule has 1 N–H and O–H groups in total.